The zero-order valence-electron chi connectivity index (χ0n) is 18.1. The number of rotatable bonds is 7. The zero-order valence-corrected chi connectivity index (χ0v) is 18.8. The Hall–Kier alpha value is -3.51. The van der Waals surface area contributed by atoms with E-state index < -0.39 is 0 Å². The molecule has 0 saturated heterocycles. The first-order valence-corrected chi connectivity index (χ1v) is 10.9. The van der Waals surface area contributed by atoms with Gasteiger partial charge in [0.1, 0.15) is 5.82 Å². The van der Waals surface area contributed by atoms with Crippen molar-refractivity contribution >= 4 is 17.5 Å². The molecular weight excluding hydrogens is 422 g/mol. The van der Waals surface area contributed by atoms with Crippen LogP contribution in [0, 0.1) is 6.92 Å². The van der Waals surface area contributed by atoms with Crippen LogP contribution in [0.25, 0.3) is 5.69 Å². The maximum atomic E-state index is 13.6. The molecule has 2 aromatic carbocycles. The minimum absolute atomic E-state index is 0.144. The van der Waals surface area contributed by atoms with Crippen LogP contribution < -0.4 is 0 Å². The highest BCUT2D eigenvalue weighted by Gasteiger charge is 2.24. The van der Waals surface area contributed by atoms with E-state index in [-0.39, 0.29) is 11.7 Å². The minimum Gasteiger partial charge on any atom is -0.326 e. The van der Waals surface area contributed by atoms with Crippen molar-refractivity contribution < 1.29 is 4.79 Å². The van der Waals surface area contributed by atoms with Crippen molar-refractivity contribution in [1.29, 1.82) is 0 Å². The van der Waals surface area contributed by atoms with Gasteiger partial charge in [0.05, 0.1) is 22.9 Å². The summed E-state index contributed by atoms with van der Waals surface area (Å²) in [6, 6.07) is 21.2. The number of benzene rings is 2. The van der Waals surface area contributed by atoms with Gasteiger partial charge in [-0.2, -0.15) is 0 Å². The molecule has 1 amide bonds. The van der Waals surface area contributed by atoms with E-state index in [1.807, 2.05) is 68.4 Å². The van der Waals surface area contributed by atoms with Gasteiger partial charge in [-0.05, 0) is 36.8 Å². The van der Waals surface area contributed by atoms with E-state index in [9.17, 15) is 4.79 Å². The summed E-state index contributed by atoms with van der Waals surface area (Å²) < 4.78 is 1.65. The smallest absolute Gasteiger partial charge is 0.294 e. The monoisotopic (exact) mass is 445 g/mol. The number of para-hydroxylation sites is 1. The van der Waals surface area contributed by atoms with Gasteiger partial charge in [-0.25, -0.2) is 9.67 Å². The molecule has 0 saturated carbocycles. The Kier molecular flexibility index (Phi) is 6.61. The topological polar surface area (TPSA) is 63.9 Å². The lowest BCUT2D eigenvalue weighted by atomic mass is 10.1. The van der Waals surface area contributed by atoms with Crippen molar-refractivity contribution in [2.24, 2.45) is 0 Å². The van der Waals surface area contributed by atoms with Gasteiger partial charge in [-0.3, -0.25) is 9.78 Å². The van der Waals surface area contributed by atoms with E-state index in [2.05, 4.69) is 21.1 Å². The molecule has 0 radical (unpaired) electrons. The number of aromatic nitrogens is 4. The van der Waals surface area contributed by atoms with Crippen LogP contribution in [0.5, 0.6) is 0 Å². The largest absolute Gasteiger partial charge is 0.326 e. The first-order valence-electron chi connectivity index (χ1n) is 10.5. The zero-order chi connectivity index (χ0) is 22.5. The van der Waals surface area contributed by atoms with Crippen LogP contribution in [-0.2, 0) is 19.5 Å². The number of amides is 1. The average molecular weight is 446 g/mol. The summed E-state index contributed by atoms with van der Waals surface area (Å²) in [6.07, 6.45) is 2.34. The Bertz CT molecular complexity index is 1220. The molecule has 0 spiro atoms. The van der Waals surface area contributed by atoms with Crippen LogP contribution in [0.4, 0.5) is 0 Å². The molecule has 0 fully saturated rings. The van der Waals surface area contributed by atoms with E-state index >= 15 is 0 Å². The van der Waals surface area contributed by atoms with Crippen LogP contribution in [-0.4, -0.2) is 30.6 Å². The van der Waals surface area contributed by atoms with Crippen molar-refractivity contribution in [3.05, 3.63) is 106 Å². The summed E-state index contributed by atoms with van der Waals surface area (Å²) in [5.41, 5.74) is 3.68. The molecule has 0 aliphatic heterocycles. The molecule has 7 heteroatoms. The van der Waals surface area contributed by atoms with Gasteiger partial charge in [0.25, 0.3) is 5.91 Å². The lowest BCUT2D eigenvalue weighted by molar-refractivity contribution is 0.0715. The van der Waals surface area contributed by atoms with E-state index in [4.69, 9.17) is 11.6 Å². The molecule has 4 aromatic rings. The van der Waals surface area contributed by atoms with Crippen LogP contribution >= 0.6 is 11.6 Å². The van der Waals surface area contributed by atoms with Gasteiger partial charge < -0.3 is 4.90 Å². The van der Waals surface area contributed by atoms with Crippen molar-refractivity contribution in [3.8, 4) is 5.69 Å². The number of aryl methyl sites for hydroxylation is 2. The lowest BCUT2D eigenvalue weighted by Crippen LogP contribution is -2.31. The Morgan fingerprint density at radius 3 is 2.56 bits per heavy atom. The normalized spacial score (nSPS) is 10.8. The predicted molar refractivity (Wildman–Crippen MR) is 125 cm³/mol. The molecule has 6 nitrogen and oxygen atoms in total. The second-order valence-corrected chi connectivity index (χ2v) is 7.95. The van der Waals surface area contributed by atoms with E-state index in [0.29, 0.717) is 36.0 Å². The number of pyridine rings is 1. The van der Waals surface area contributed by atoms with Crippen molar-refractivity contribution in [1.82, 2.24) is 24.6 Å². The Balaban J connectivity index is 1.69. The highest BCUT2D eigenvalue weighted by atomic mass is 35.5. The van der Waals surface area contributed by atoms with Crippen molar-refractivity contribution in [2.75, 3.05) is 0 Å². The molecule has 0 atom stereocenters. The fourth-order valence-electron chi connectivity index (χ4n) is 3.54. The summed E-state index contributed by atoms with van der Waals surface area (Å²) >= 11 is 6.38. The standard InChI is InChI=1S/C25H24ClN5O/c1-3-23-28-24(29-31(23)22-13-5-4-12-21(22)26)25(32)30(17-20-11-6-7-14-27-20)16-19-10-8-9-18(2)15-19/h4-15H,3,16-17H2,1-2H3. The molecule has 0 aliphatic rings. The van der Waals surface area contributed by atoms with Gasteiger partial charge in [-0.1, -0.05) is 66.6 Å². The molecule has 2 heterocycles. The highest BCUT2D eigenvalue weighted by molar-refractivity contribution is 6.32. The molecule has 162 valence electrons. The summed E-state index contributed by atoms with van der Waals surface area (Å²) in [5, 5.41) is 5.10. The van der Waals surface area contributed by atoms with Crippen molar-refractivity contribution in [2.45, 2.75) is 33.4 Å². The van der Waals surface area contributed by atoms with E-state index in [1.54, 1.807) is 21.8 Å². The fourth-order valence-corrected chi connectivity index (χ4v) is 3.76. The number of carbonyl (C=O) groups excluding carboxylic acids is 1. The molecule has 0 aliphatic carbocycles. The summed E-state index contributed by atoms with van der Waals surface area (Å²) in [4.78, 5) is 24.2. The predicted octanol–water partition coefficient (Wildman–Crippen LogP) is 5.03. The third-order valence-electron chi connectivity index (χ3n) is 5.08. The molecule has 32 heavy (non-hydrogen) atoms. The number of halogens is 1. The molecule has 0 unspecified atom stereocenters. The number of nitrogens with zero attached hydrogens (tertiary/aromatic N) is 5. The summed E-state index contributed by atoms with van der Waals surface area (Å²) in [7, 11) is 0. The van der Waals surface area contributed by atoms with Gasteiger partial charge >= 0.3 is 0 Å². The number of carbonyl (C=O) groups is 1. The van der Waals surface area contributed by atoms with Crippen LogP contribution in [0.15, 0.2) is 72.9 Å². The summed E-state index contributed by atoms with van der Waals surface area (Å²) in [6.45, 7) is 4.80. The fraction of sp³-hybridized carbons (Fsp3) is 0.200. The van der Waals surface area contributed by atoms with E-state index in [0.717, 1.165) is 16.8 Å². The van der Waals surface area contributed by atoms with Gasteiger partial charge in [0, 0.05) is 19.2 Å². The minimum atomic E-state index is -0.252. The average Bonchev–Trinajstić information content (AvgIpc) is 3.23. The maximum Gasteiger partial charge on any atom is 0.294 e. The first kappa shape index (κ1) is 21.7. The van der Waals surface area contributed by atoms with Crippen molar-refractivity contribution in [3.63, 3.8) is 0 Å². The van der Waals surface area contributed by atoms with E-state index in [1.165, 1.54) is 0 Å². The third-order valence-corrected chi connectivity index (χ3v) is 5.40. The second-order valence-electron chi connectivity index (χ2n) is 7.54. The maximum absolute atomic E-state index is 13.6. The summed E-state index contributed by atoms with van der Waals surface area (Å²) in [5.74, 6) is 0.567. The van der Waals surface area contributed by atoms with Crippen LogP contribution in [0.2, 0.25) is 5.02 Å². The highest BCUT2D eigenvalue weighted by Crippen LogP contribution is 2.21. The van der Waals surface area contributed by atoms with Gasteiger partial charge in [-0.15, -0.1) is 5.10 Å². The Labute approximate surface area is 192 Å². The number of hydrogen-bond acceptors (Lipinski definition) is 4. The molecule has 0 bridgehead atoms. The van der Waals surface area contributed by atoms with Crippen LogP contribution in [0.1, 0.15) is 40.2 Å². The lowest BCUT2D eigenvalue weighted by Gasteiger charge is -2.21. The molecule has 2 aromatic heterocycles. The first-order chi connectivity index (χ1) is 15.5. The molecule has 0 N–H and O–H groups in total. The Morgan fingerprint density at radius 1 is 1.03 bits per heavy atom. The molecule has 4 rings (SSSR count). The Morgan fingerprint density at radius 2 is 1.84 bits per heavy atom. The van der Waals surface area contributed by atoms with Crippen LogP contribution in [0.3, 0.4) is 0 Å². The SMILES string of the molecule is CCc1nc(C(=O)N(Cc2cccc(C)c2)Cc2ccccn2)nn1-c1ccccc1Cl. The quantitative estimate of drug-likeness (QED) is 0.400. The molecular formula is C25H24ClN5O. The number of hydrogen-bond donors (Lipinski definition) is 0. The van der Waals surface area contributed by atoms with Gasteiger partial charge in [0.15, 0.2) is 0 Å². The third kappa shape index (κ3) is 4.86. The second kappa shape index (κ2) is 9.75. The van der Waals surface area contributed by atoms with Gasteiger partial charge in [0.2, 0.25) is 5.82 Å².